The van der Waals surface area contributed by atoms with Crippen molar-refractivity contribution in [1.29, 1.82) is 0 Å². The lowest BCUT2D eigenvalue weighted by atomic mass is 10.0. The molecule has 0 radical (unpaired) electrons. The zero-order valence-corrected chi connectivity index (χ0v) is 41.4. The van der Waals surface area contributed by atoms with Gasteiger partial charge >= 0.3 is 12.4 Å². The van der Waals surface area contributed by atoms with Crippen molar-refractivity contribution in [3.63, 3.8) is 0 Å². The van der Waals surface area contributed by atoms with Gasteiger partial charge in [0.1, 0.15) is 54.0 Å². The maximum absolute atomic E-state index is 14.7. The Labute approximate surface area is 417 Å². The molecular weight excluding hydrogens is 1060 g/mol. The normalized spacial score (nSPS) is 12.4. The van der Waals surface area contributed by atoms with Crippen LogP contribution in [0.15, 0.2) is 107 Å². The molecule has 2 heterocycles. The molecule has 1 atom stereocenters. The van der Waals surface area contributed by atoms with Gasteiger partial charge in [0.2, 0.25) is 5.78 Å². The Bertz CT molecular complexity index is 3210. The molecule has 1 N–H and O–H groups in total. The molecule has 0 aliphatic carbocycles. The number of alkyl halides is 6. The predicted molar refractivity (Wildman–Crippen MR) is 247 cm³/mol. The topological polar surface area (TPSA) is 175 Å². The van der Waals surface area contributed by atoms with Gasteiger partial charge in [-0.15, -0.1) is 0 Å². The lowest BCUT2D eigenvalue weighted by Crippen LogP contribution is -2.34. The first-order valence-corrected chi connectivity index (χ1v) is 23.9. The number of aliphatic hydroxyl groups is 1. The van der Waals surface area contributed by atoms with Crippen LogP contribution in [0.3, 0.4) is 0 Å². The van der Waals surface area contributed by atoms with Crippen molar-refractivity contribution >= 4 is 60.4 Å². The van der Waals surface area contributed by atoms with Crippen molar-refractivity contribution in [3.8, 4) is 11.5 Å². The van der Waals surface area contributed by atoms with Gasteiger partial charge in [-0.3, -0.25) is 14.8 Å². The largest absolute Gasteiger partial charge is 0.496 e. The molecule has 386 valence electrons. The summed E-state index contributed by atoms with van der Waals surface area (Å²) in [5, 5.41) is 9.71. The summed E-state index contributed by atoms with van der Waals surface area (Å²) in [7, 11) is -4.69. The van der Waals surface area contributed by atoms with Gasteiger partial charge in [-0.25, -0.2) is 34.2 Å². The van der Waals surface area contributed by atoms with Crippen molar-refractivity contribution in [2.45, 2.75) is 42.1 Å². The Morgan fingerprint density at radius 3 is 1.57 bits per heavy atom. The number of aliphatic hydroxyl groups excluding tert-OH is 1. The minimum atomic E-state index is -4.93. The highest BCUT2D eigenvalue weighted by atomic mass is 35.5. The zero-order chi connectivity index (χ0) is 53.7. The monoisotopic (exact) mass is 1090 g/mol. The van der Waals surface area contributed by atoms with Crippen LogP contribution in [0.25, 0.3) is 0 Å². The van der Waals surface area contributed by atoms with Gasteiger partial charge in [0, 0.05) is 26.6 Å². The number of benzene rings is 4. The van der Waals surface area contributed by atoms with E-state index in [4.69, 9.17) is 42.1 Å². The minimum Gasteiger partial charge on any atom is -0.496 e. The molecule has 0 bridgehead atoms. The van der Waals surface area contributed by atoms with E-state index in [1.807, 2.05) is 0 Å². The number of carbonyl (C=O) groups excluding carboxylic acids is 1. The highest BCUT2D eigenvalue weighted by molar-refractivity contribution is 7.93. The average molecular weight is 1100 g/mol. The summed E-state index contributed by atoms with van der Waals surface area (Å²) in [6, 6.07) is 14.3. The van der Waals surface area contributed by atoms with Crippen LogP contribution in [0.4, 0.5) is 46.5 Å². The van der Waals surface area contributed by atoms with Crippen molar-refractivity contribution < 1.29 is 80.8 Å². The SMILES string of the molecule is COCN(c1cc(C)cnc1C(=O)c1c(F)cccc1OC)S(=O)(=O)c1ccc(Cl)c(C(F)(F)F)c1.COCN(c1cc(C)cnc1C(O)c1c(F)cccc1OC)S(=O)(=O)c1ccc(Cl)c(C(F)(F)F)c1. The summed E-state index contributed by atoms with van der Waals surface area (Å²) in [6.45, 7) is 1.77. The number of hydrogen-bond acceptors (Lipinski definition) is 12. The number of carbonyl (C=O) groups is 1. The third-order valence-electron chi connectivity index (χ3n) is 10.1. The first-order valence-electron chi connectivity index (χ1n) is 20.2. The van der Waals surface area contributed by atoms with Gasteiger partial charge in [-0.05, 0) is 97.8 Å². The number of ketones is 1. The second kappa shape index (κ2) is 22.7. The first kappa shape index (κ1) is 56.8. The molecular formula is C46H40Cl2F8N4O10S2. The first-order chi connectivity index (χ1) is 33.6. The molecule has 0 aliphatic heterocycles. The van der Waals surface area contributed by atoms with E-state index in [1.165, 1.54) is 70.1 Å². The van der Waals surface area contributed by atoms with Crippen LogP contribution in [0, 0.1) is 25.5 Å². The van der Waals surface area contributed by atoms with E-state index < -0.39 is 112 Å². The fourth-order valence-corrected chi connectivity index (χ4v) is 10.1. The molecule has 4 aromatic carbocycles. The number of ether oxygens (including phenoxy) is 4. The lowest BCUT2D eigenvalue weighted by Gasteiger charge is -2.27. The number of pyridine rings is 2. The quantitative estimate of drug-likeness (QED) is 0.0553. The molecule has 6 rings (SSSR count). The van der Waals surface area contributed by atoms with E-state index in [0.717, 1.165) is 43.5 Å². The second-order valence-corrected chi connectivity index (χ2v) is 19.6. The van der Waals surface area contributed by atoms with Crippen LogP contribution in [0.5, 0.6) is 11.5 Å². The van der Waals surface area contributed by atoms with E-state index in [0.29, 0.717) is 31.9 Å². The predicted octanol–water partition coefficient (Wildman–Crippen LogP) is 10.3. The highest BCUT2D eigenvalue weighted by Gasteiger charge is 2.39. The molecule has 0 saturated heterocycles. The van der Waals surface area contributed by atoms with Gasteiger partial charge in [-0.1, -0.05) is 35.3 Å². The maximum Gasteiger partial charge on any atom is 0.417 e. The summed E-state index contributed by atoms with van der Waals surface area (Å²) >= 11 is 11.3. The number of aromatic nitrogens is 2. The summed E-state index contributed by atoms with van der Waals surface area (Å²) in [5.41, 5.74) is -4.02. The van der Waals surface area contributed by atoms with E-state index in [2.05, 4.69) is 9.97 Å². The Hall–Kier alpha value is -6.15. The molecule has 0 aliphatic rings. The van der Waals surface area contributed by atoms with Crippen LogP contribution in [-0.4, -0.2) is 79.6 Å². The Balaban J connectivity index is 0.000000267. The second-order valence-electron chi connectivity index (χ2n) is 15.0. The molecule has 14 nitrogen and oxygen atoms in total. The Morgan fingerprint density at radius 1 is 0.653 bits per heavy atom. The molecule has 1 unspecified atom stereocenters. The number of hydrogen-bond donors (Lipinski definition) is 1. The number of anilines is 2. The third kappa shape index (κ3) is 12.2. The third-order valence-corrected chi connectivity index (χ3v) is 14.3. The summed E-state index contributed by atoms with van der Waals surface area (Å²) in [4.78, 5) is 20.0. The molecule has 6 aromatic rings. The van der Waals surface area contributed by atoms with Gasteiger partial charge in [0.05, 0.1) is 67.8 Å². The molecule has 0 fully saturated rings. The van der Waals surface area contributed by atoms with Gasteiger partial charge in [0.15, 0.2) is 0 Å². The number of sulfonamides is 2. The van der Waals surface area contributed by atoms with E-state index >= 15 is 0 Å². The van der Waals surface area contributed by atoms with E-state index in [9.17, 15) is 61.9 Å². The Morgan fingerprint density at radius 2 is 1.10 bits per heavy atom. The van der Waals surface area contributed by atoms with E-state index in [1.54, 1.807) is 13.8 Å². The number of halogens is 10. The van der Waals surface area contributed by atoms with Crippen LogP contribution in [-0.2, 0) is 41.9 Å². The van der Waals surface area contributed by atoms with Crippen LogP contribution in [0.1, 0.15) is 55.7 Å². The summed E-state index contributed by atoms with van der Waals surface area (Å²) in [5.74, 6) is -2.94. The summed E-state index contributed by atoms with van der Waals surface area (Å²) in [6.07, 6.45) is -9.07. The molecule has 26 heteroatoms. The molecule has 0 spiro atoms. The van der Waals surface area contributed by atoms with Crippen molar-refractivity contribution in [1.82, 2.24) is 9.97 Å². The zero-order valence-electron chi connectivity index (χ0n) is 38.2. The van der Waals surface area contributed by atoms with Crippen molar-refractivity contribution in [2.75, 3.05) is 50.5 Å². The van der Waals surface area contributed by atoms with Crippen LogP contribution >= 0.6 is 23.2 Å². The smallest absolute Gasteiger partial charge is 0.417 e. The number of nitrogens with zero attached hydrogens (tertiary/aromatic N) is 4. The molecule has 0 saturated carbocycles. The maximum atomic E-state index is 14.7. The highest BCUT2D eigenvalue weighted by Crippen LogP contribution is 2.41. The minimum absolute atomic E-state index is 0.0236. The standard InChI is InChI=1S/C23H21ClF4N2O5S.C23H19ClF4N2O5S/c2*1-13-9-18(21(29-11-13)22(31)20-17(25)5-4-6-19(20)35-3)30(12-34-2)36(32,33)14-7-8-16(24)15(10-14)23(26,27)28/h4-11,22,31H,12H2,1-3H3;4-11H,12H2,1-3H3. The number of aryl methyl sites for hydroxylation is 2. The molecule has 0 amide bonds. The average Bonchev–Trinajstić information content (AvgIpc) is 3.31. The number of rotatable bonds is 16. The van der Waals surface area contributed by atoms with Crippen LogP contribution in [0.2, 0.25) is 10.0 Å². The van der Waals surface area contributed by atoms with Crippen molar-refractivity contribution in [3.05, 3.63) is 164 Å². The van der Waals surface area contributed by atoms with Crippen LogP contribution < -0.4 is 18.1 Å². The van der Waals surface area contributed by atoms with Gasteiger partial charge < -0.3 is 24.1 Å². The number of methoxy groups -OCH3 is 4. The van der Waals surface area contributed by atoms with Gasteiger partial charge in [-0.2, -0.15) is 26.3 Å². The van der Waals surface area contributed by atoms with Crippen molar-refractivity contribution in [2.24, 2.45) is 0 Å². The van der Waals surface area contributed by atoms with Gasteiger partial charge in [0.25, 0.3) is 20.0 Å². The molecule has 72 heavy (non-hydrogen) atoms. The molecule has 2 aromatic heterocycles. The van der Waals surface area contributed by atoms with E-state index in [-0.39, 0.29) is 34.1 Å². The fourth-order valence-electron chi connectivity index (χ4n) is 6.79. The Kier molecular flexibility index (Phi) is 17.9. The fraction of sp³-hybridized carbons (Fsp3) is 0.239. The lowest BCUT2D eigenvalue weighted by molar-refractivity contribution is -0.138. The summed E-state index contributed by atoms with van der Waals surface area (Å²) < 4.78 is 185.